The van der Waals surface area contributed by atoms with Crippen LogP contribution in [0.5, 0.6) is 5.75 Å². The summed E-state index contributed by atoms with van der Waals surface area (Å²) in [4.78, 5) is 83.6. The Hall–Kier alpha value is -4.73. The predicted octanol–water partition coefficient (Wildman–Crippen LogP) is -3.79. The first-order valence-corrected chi connectivity index (χ1v) is 11.7. The highest BCUT2D eigenvalue weighted by Gasteiger charge is 2.31. The molecule has 0 aliphatic rings. The summed E-state index contributed by atoms with van der Waals surface area (Å²) in [6.45, 7) is 0. The number of aliphatic carboxylic acids is 1. The summed E-state index contributed by atoms with van der Waals surface area (Å²) in [6.07, 6.45) is -1.84. The van der Waals surface area contributed by atoms with Crippen molar-refractivity contribution in [2.45, 2.75) is 62.7 Å². The number of hydrogen-bond acceptors (Lipinski definition) is 9. The number of rotatable bonds is 17. The highest BCUT2D eigenvalue weighted by Crippen LogP contribution is 2.12. The highest BCUT2D eigenvalue weighted by atomic mass is 16.4. The molecule has 0 aliphatic carbocycles. The Kier molecular flexibility index (Phi) is 12.8. The van der Waals surface area contributed by atoms with Crippen molar-refractivity contribution in [1.29, 1.82) is 0 Å². The smallest absolute Gasteiger partial charge is 0.326 e. The molecule has 0 unspecified atom stereocenters. The molecule has 0 spiro atoms. The number of aromatic hydroxyl groups is 1. The van der Waals surface area contributed by atoms with Gasteiger partial charge in [0, 0.05) is 19.3 Å². The number of carboxylic acid groups (broad SMARTS) is 1. The molecule has 0 radical (unpaired) electrons. The van der Waals surface area contributed by atoms with Crippen LogP contribution >= 0.6 is 0 Å². The lowest BCUT2D eigenvalue weighted by Crippen LogP contribution is -2.58. The van der Waals surface area contributed by atoms with Gasteiger partial charge in [-0.1, -0.05) is 12.1 Å². The van der Waals surface area contributed by atoms with E-state index in [1.165, 1.54) is 24.3 Å². The molecule has 0 aromatic heterocycles. The predicted molar refractivity (Wildman–Crippen MR) is 134 cm³/mol. The minimum absolute atomic E-state index is 0.0712. The lowest BCUT2D eigenvalue weighted by Gasteiger charge is -2.25. The molecule has 16 heteroatoms. The Morgan fingerprint density at radius 2 is 1.18 bits per heavy atom. The van der Waals surface area contributed by atoms with E-state index in [1.54, 1.807) is 0 Å². The lowest BCUT2D eigenvalue weighted by atomic mass is 10.0. The largest absolute Gasteiger partial charge is 0.508 e. The Balaban J connectivity index is 3.18. The number of benzene rings is 1. The number of hydrogen-bond donors (Lipinski definition) is 9. The monoisotopic (exact) mass is 551 g/mol. The first-order chi connectivity index (χ1) is 18.2. The van der Waals surface area contributed by atoms with Crippen LogP contribution in [-0.4, -0.2) is 75.8 Å². The highest BCUT2D eigenvalue weighted by molar-refractivity contribution is 5.95. The van der Waals surface area contributed by atoms with E-state index in [0.29, 0.717) is 5.56 Å². The SMILES string of the molecule is NC(=O)CC[C@H](NC(=O)[C@@H](N)CCC(N)=O)C(=O)N[C@@H](Cc1ccc(O)cc1)C(=O)N[C@@H](CC(N)=O)C(=O)O. The van der Waals surface area contributed by atoms with E-state index in [1.807, 2.05) is 0 Å². The Labute approximate surface area is 222 Å². The van der Waals surface area contributed by atoms with Crippen LogP contribution in [0.25, 0.3) is 0 Å². The summed E-state index contributed by atoms with van der Waals surface area (Å²) < 4.78 is 0. The number of carbonyl (C=O) groups excluding carboxylic acids is 6. The van der Waals surface area contributed by atoms with Gasteiger partial charge in [0.2, 0.25) is 35.4 Å². The standard InChI is InChI=1S/C23H33N7O9/c24-13(5-7-17(25)32)20(35)28-14(6-8-18(26)33)21(36)29-15(9-11-1-3-12(31)4-2-11)22(37)30-16(23(38)39)10-19(27)34/h1-4,13-16,31H,5-10,24H2,(H2,25,32)(H2,26,33)(H2,27,34)(H,28,35)(H,29,36)(H,30,37)(H,38,39)/t13-,14-,15-,16-/m0/s1. The molecule has 0 fully saturated rings. The molecule has 13 N–H and O–H groups in total. The zero-order chi connectivity index (χ0) is 29.7. The number of phenols is 1. The molecule has 4 atom stereocenters. The van der Waals surface area contributed by atoms with E-state index in [-0.39, 0.29) is 37.9 Å². The van der Waals surface area contributed by atoms with Crippen LogP contribution in [0.15, 0.2) is 24.3 Å². The fraction of sp³-hybridized carbons (Fsp3) is 0.435. The molecule has 1 rings (SSSR count). The van der Waals surface area contributed by atoms with Crippen LogP contribution in [-0.2, 0) is 40.0 Å². The summed E-state index contributed by atoms with van der Waals surface area (Å²) in [7, 11) is 0. The van der Waals surface area contributed by atoms with Gasteiger partial charge in [0.25, 0.3) is 0 Å². The lowest BCUT2D eigenvalue weighted by molar-refractivity contribution is -0.143. The Morgan fingerprint density at radius 1 is 0.692 bits per heavy atom. The minimum Gasteiger partial charge on any atom is -0.508 e. The van der Waals surface area contributed by atoms with E-state index >= 15 is 0 Å². The molecule has 0 saturated heterocycles. The molecule has 0 aliphatic heterocycles. The molecule has 16 nitrogen and oxygen atoms in total. The molecule has 214 valence electrons. The van der Waals surface area contributed by atoms with E-state index in [0.717, 1.165) is 0 Å². The second kappa shape index (κ2) is 15.5. The minimum atomic E-state index is -1.69. The van der Waals surface area contributed by atoms with E-state index in [4.69, 9.17) is 22.9 Å². The molecular weight excluding hydrogens is 518 g/mol. The van der Waals surface area contributed by atoms with Gasteiger partial charge in [-0.15, -0.1) is 0 Å². The quantitative estimate of drug-likeness (QED) is 0.0909. The number of phenolic OH excluding ortho intramolecular Hbond substituents is 1. The van der Waals surface area contributed by atoms with Gasteiger partial charge in [0.1, 0.15) is 23.9 Å². The number of carboxylic acids is 1. The topological polar surface area (TPSA) is 300 Å². The molecule has 39 heavy (non-hydrogen) atoms. The van der Waals surface area contributed by atoms with Crippen molar-refractivity contribution in [1.82, 2.24) is 16.0 Å². The fourth-order valence-corrected chi connectivity index (χ4v) is 3.29. The first-order valence-electron chi connectivity index (χ1n) is 11.7. The number of nitrogens with one attached hydrogen (secondary N) is 3. The molecule has 0 bridgehead atoms. The molecule has 1 aromatic rings. The van der Waals surface area contributed by atoms with E-state index < -0.39 is 72.0 Å². The fourth-order valence-electron chi connectivity index (χ4n) is 3.29. The second-order valence-electron chi connectivity index (χ2n) is 8.68. The van der Waals surface area contributed by atoms with Crippen LogP contribution in [0.3, 0.4) is 0 Å². The Bertz CT molecular complexity index is 1080. The van der Waals surface area contributed by atoms with Gasteiger partial charge in [-0.05, 0) is 30.5 Å². The van der Waals surface area contributed by atoms with Crippen molar-refractivity contribution in [2.24, 2.45) is 22.9 Å². The maximum absolute atomic E-state index is 13.1. The molecule has 0 saturated carbocycles. The average Bonchev–Trinajstić information content (AvgIpc) is 2.84. The van der Waals surface area contributed by atoms with Crippen molar-refractivity contribution in [3.05, 3.63) is 29.8 Å². The number of amides is 6. The van der Waals surface area contributed by atoms with Crippen LogP contribution in [0, 0.1) is 0 Å². The molecule has 1 aromatic carbocycles. The first kappa shape index (κ1) is 32.3. The van der Waals surface area contributed by atoms with E-state index in [9.17, 15) is 43.8 Å². The van der Waals surface area contributed by atoms with Crippen molar-refractivity contribution in [3.63, 3.8) is 0 Å². The summed E-state index contributed by atoms with van der Waals surface area (Å²) in [5.74, 6) is -6.87. The van der Waals surface area contributed by atoms with Gasteiger partial charge >= 0.3 is 5.97 Å². The van der Waals surface area contributed by atoms with Crippen LogP contribution < -0.4 is 38.9 Å². The van der Waals surface area contributed by atoms with Crippen molar-refractivity contribution < 1.29 is 43.8 Å². The second-order valence-corrected chi connectivity index (χ2v) is 8.68. The zero-order valence-electron chi connectivity index (χ0n) is 20.9. The number of primary amides is 3. The van der Waals surface area contributed by atoms with Gasteiger partial charge in [-0.3, -0.25) is 28.8 Å². The molecular formula is C23H33N7O9. The molecule has 0 heterocycles. The van der Waals surface area contributed by atoms with Gasteiger partial charge < -0.3 is 49.1 Å². The summed E-state index contributed by atoms with van der Waals surface area (Å²) >= 11 is 0. The van der Waals surface area contributed by atoms with Crippen LogP contribution in [0.1, 0.15) is 37.7 Å². The van der Waals surface area contributed by atoms with Gasteiger partial charge in [-0.25, -0.2) is 4.79 Å². The van der Waals surface area contributed by atoms with Gasteiger partial charge in [0.05, 0.1) is 12.5 Å². The van der Waals surface area contributed by atoms with Crippen LogP contribution in [0.4, 0.5) is 0 Å². The summed E-state index contributed by atoms with van der Waals surface area (Å²) in [5, 5.41) is 25.7. The summed E-state index contributed by atoms with van der Waals surface area (Å²) in [6, 6.07) is -0.210. The van der Waals surface area contributed by atoms with Crippen molar-refractivity contribution >= 4 is 41.4 Å². The third kappa shape index (κ3) is 12.4. The number of nitrogens with two attached hydrogens (primary N) is 4. The van der Waals surface area contributed by atoms with Crippen molar-refractivity contribution in [2.75, 3.05) is 0 Å². The average molecular weight is 552 g/mol. The van der Waals surface area contributed by atoms with Gasteiger partial charge in [-0.2, -0.15) is 0 Å². The third-order valence-electron chi connectivity index (χ3n) is 5.38. The zero-order valence-corrected chi connectivity index (χ0v) is 20.9. The van der Waals surface area contributed by atoms with Crippen molar-refractivity contribution in [3.8, 4) is 5.75 Å². The third-order valence-corrected chi connectivity index (χ3v) is 5.38. The number of carbonyl (C=O) groups is 7. The van der Waals surface area contributed by atoms with Crippen LogP contribution in [0.2, 0.25) is 0 Å². The molecule has 6 amide bonds. The van der Waals surface area contributed by atoms with Gasteiger partial charge in [0.15, 0.2) is 0 Å². The summed E-state index contributed by atoms with van der Waals surface area (Å²) in [5.41, 5.74) is 21.4. The Morgan fingerprint density at radius 3 is 1.69 bits per heavy atom. The van der Waals surface area contributed by atoms with E-state index in [2.05, 4.69) is 16.0 Å². The normalized spacial score (nSPS) is 13.7. The maximum atomic E-state index is 13.1. The maximum Gasteiger partial charge on any atom is 0.326 e.